The first-order valence-corrected chi connectivity index (χ1v) is 8.12. The molecule has 0 radical (unpaired) electrons. The molecule has 0 spiro atoms. The lowest BCUT2D eigenvalue weighted by atomic mass is 9.88. The summed E-state index contributed by atoms with van der Waals surface area (Å²) in [6.45, 7) is 4.76. The summed E-state index contributed by atoms with van der Waals surface area (Å²) in [6, 6.07) is 3.86. The summed E-state index contributed by atoms with van der Waals surface area (Å²) in [5.41, 5.74) is 1.51. The van der Waals surface area contributed by atoms with Gasteiger partial charge in [0, 0.05) is 18.4 Å². The molecule has 1 aromatic rings. The molecule has 6 nitrogen and oxygen atoms in total. The highest BCUT2D eigenvalue weighted by Gasteiger charge is 2.41. The van der Waals surface area contributed by atoms with Crippen molar-refractivity contribution in [1.82, 2.24) is 10.3 Å². The molecule has 1 unspecified atom stereocenters. The summed E-state index contributed by atoms with van der Waals surface area (Å²) < 4.78 is 10.1. The number of ether oxygens (including phenoxy) is 2. The lowest BCUT2D eigenvalue weighted by Gasteiger charge is -2.30. The summed E-state index contributed by atoms with van der Waals surface area (Å²) in [5, 5.41) is 3.39. The third-order valence-corrected chi connectivity index (χ3v) is 4.04. The largest absolute Gasteiger partial charge is 0.466 e. The average Bonchev–Trinajstić information content (AvgIpc) is 2.87. The smallest absolute Gasteiger partial charge is 0.308 e. The van der Waals surface area contributed by atoms with Gasteiger partial charge in [-0.2, -0.15) is 0 Å². The maximum atomic E-state index is 12.0. The number of carbonyl (C=O) groups is 2. The second-order valence-electron chi connectivity index (χ2n) is 5.54. The Balaban J connectivity index is 2.10. The highest BCUT2D eigenvalue weighted by molar-refractivity contribution is 5.72. The van der Waals surface area contributed by atoms with Crippen molar-refractivity contribution in [3.05, 3.63) is 29.6 Å². The lowest BCUT2D eigenvalue weighted by Crippen LogP contribution is -2.43. The van der Waals surface area contributed by atoms with E-state index in [1.165, 1.54) is 0 Å². The van der Waals surface area contributed by atoms with Crippen molar-refractivity contribution in [2.45, 2.75) is 45.1 Å². The van der Waals surface area contributed by atoms with Gasteiger partial charge in [0.05, 0.1) is 31.6 Å². The molecule has 0 fully saturated rings. The van der Waals surface area contributed by atoms with E-state index in [4.69, 9.17) is 9.47 Å². The number of nitrogens with zero attached hydrogens (tertiary/aromatic N) is 1. The van der Waals surface area contributed by atoms with Crippen LogP contribution in [0.5, 0.6) is 0 Å². The molecule has 0 aromatic carbocycles. The average molecular weight is 320 g/mol. The van der Waals surface area contributed by atoms with E-state index in [0.717, 1.165) is 24.1 Å². The first-order chi connectivity index (χ1) is 11.1. The van der Waals surface area contributed by atoms with Crippen LogP contribution >= 0.6 is 0 Å². The molecule has 1 atom stereocenters. The molecular weight excluding hydrogens is 296 g/mol. The Labute approximate surface area is 136 Å². The van der Waals surface area contributed by atoms with E-state index in [1.54, 1.807) is 20.0 Å². The van der Waals surface area contributed by atoms with E-state index < -0.39 is 5.54 Å². The topological polar surface area (TPSA) is 77.5 Å². The van der Waals surface area contributed by atoms with Gasteiger partial charge in [-0.05, 0) is 38.3 Å². The summed E-state index contributed by atoms with van der Waals surface area (Å²) in [6.07, 6.45) is 3.84. The zero-order chi connectivity index (χ0) is 16.7. The van der Waals surface area contributed by atoms with Crippen LogP contribution in [0.3, 0.4) is 0 Å². The molecule has 0 amide bonds. The van der Waals surface area contributed by atoms with E-state index in [9.17, 15) is 9.59 Å². The predicted octanol–water partition coefficient (Wildman–Crippen LogP) is 1.72. The monoisotopic (exact) mass is 320 g/mol. The van der Waals surface area contributed by atoms with E-state index in [1.807, 2.05) is 12.1 Å². The standard InChI is InChI=1S/C17H24N2O4/c1-3-22-15(20)8-11-19-17(12-16(21)23-4-2)9-7-14-13(17)6-5-10-18-14/h5-6,10,19H,3-4,7-9,11-12H2,1-2H3. The molecule has 2 rings (SSSR count). The fraction of sp³-hybridized carbons (Fsp3) is 0.588. The zero-order valence-electron chi connectivity index (χ0n) is 13.8. The van der Waals surface area contributed by atoms with Gasteiger partial charge in [-0.1, -0.05) is 6.07 Å². The van der Waals surface area contributed by atoms with Crippen molar-refractivity contribution in [2.75, 3.05) is 19.8 Å². The number of hydrogen-bond acceptors (Lipinski definition) is 6. The van der Waals surface area contributed by atoms with Crippen LogP contribution in [-0.2, 0) is 31.0 Å². The van der Waals surface area contributed by atoms with Crippen LogP contribution in [0.1, 0.15) is 44.4 Å². The van der Waals surface area contributed by atoms with Gasteiger partial charge in [0.2, 0.25) is 0 Å². The molecule has 23 heavy (non-hydrogen) atoms. The van der Waals surface area contributed by atoms with Crippen LogP contribution < -0.4 is 5.32 Å². The number of hydrogen-bond donors (Lipinski definition) is 1. The number of nitrogens with one attached hydrogen (secondary N) is 1. The highest BCUT2D eigenvalue weighted by Crippen LogP contribution is 2.38. The van der Waals surface area contributed by atoms with Gasteiger partial charge in [-0.3, -0.25) is 14.6 Å². The van der Waals surface area contributed by atoms with E-state index in [0.29, 0.717) is 19.8 Å². The number of aromatic nitrogens is 1. The minimum atomic E-state index is -0.512. The van der Waals surface area contributed by atoms with Crippen molar-refractivity contribution in [2.24, 2.45) is 0 Å². The Morgan fingerprint density at radius 2 is 2.00 bits per heavy atom. The molecule has 1 N–H and O–H groups in total. The number of carbonyl (C=O) groups excluding carboxylic acids is 2. The molecule has 1 heterocycles. The van der Waals surface area contributed by atoms with E-state index in [2.05, 4.69) is 10.3 Å². The Hall–Kier alpha value is -1.95. The minimum absolute atomic E-state index is 0.238. The third kappa shape index (κ3) is 4.28. The van der Waals surface area contributed by atoms with Gasteiger partial charge >= 0.3 is 11.9 Å². The first-order valence-electron chi connectivity index (χ1n) is 8.12. The molecule has 1 aliphatic carbocycles. The molecule has 0 saturated carbocycles. The molecule has 0 bridgehead atoms. The van der Waals surface area contributed by atoms with Crippen LogP contribution in [0.25, 0.3) is 0 Å². The Morgan fingerprint density at radius 1 is 1.26 bits per heavy atom. The van der Waals surface area contributed by atoms with Crippen LogP contribution in [0, 0.1) is 0 Å². The molecular formula is C17H24N2O4. The quantitative estimate of drug-likeness (QED) is 0.735. The lowest BCUT2D eigenvalue weighted by molar-refractivity contribution is -0.145. The Morgan fingerprint density at radius 3 is 2.74 bits per heavy atom. The molecule has 126 valence electrons. The van der Waals surface area contributed by atoms with Gasteiger partial charge in [0.1, 0.15) is 0 Å². The number of rotatable bonds is 8. The summed E-state index contributed by atoms with van der Waals surface area (Å²) in [4.78, 5) is 28.0. The van der Waals surface area contributed by atoms with Gasteiger partial charge in [-0.15, -0.1) is 0 Å². The fourth-order valence-corrected chi connectivity index (χ4v) is 3.06. The second-order valence-corrected chi connectivity index (χ2v) is 5.54. The van der Waals surface area contributed by atoms with E-state index in [-0.39, 0.29) is 24.8 Å². The van der Waals surface area contributed by atoms with Crippen LogP contribution in [-0.4, -0.2) is 36.7 Å². The first kappa shape index (κ1) is 17.4. The second kappa shape index (κ2) is 8.06. The maximum absolute atomic E-state index is 12.0. The Kier molecular flexibility index (Phi) is 6.10. The van der Waals surface area contributed by atoms with Crippen molar-refractivity contribution in [1.29, 1.82) is 0 Å². The van der Waals surface area contributed by atoms with Gasteiger partial charge < -0.3 is 14.8 Å². The van der Waals surface area contributed by atoms with Crippen LogP contribution in [0.15, 0.2) is 18.3 Å². The summed E-state index contributed by atoms with van der Waals surface area (Å²) in [5.74, 6) is -0.483. The van der Waals surface area contributed by atoms with E-state index >= 15 is 0 Å². The summed E-state index contributed by atoms with van der Waals surface area (Å²) >= 11 is 0. The number of esters is 2. The molecule has 0 aliphatic heterocycles. The predicted molar refractivity (Wildman–Crippen MR) is 84.7 cm³/mol. The zero-order valence-corrected chi connectivity index (χ0v) is 13.8. The van der Waals surface area contributed by atoms with Gasteiger partial charge in [0.15, 0.2) is 0 Å². The number of aryl methyl sites for hydroxylation is 1. The number of pyridine rings is 1. The number of fused-ring (bicyclic) bond motifs is 1. The van der Waals surface area contributed by atoms with Crippen LogP contribution in [0.2, 0.25) is 0 Å². The van der Waals surface area contributed by atoms with Crippen molar-refractivity contribution in [3.63, 3.8) is 0 Å². The maximum Gasteiger partial charge on any atom is 0.308 e. The minimum Gasteiger partial charge on any atom is -0.466 e. The molecule has 1 aromatic heterocycles. The highest BCUT2D eigenvalue weighted by atomic mass is 16.5. The molecule has 6 heteroatoms. The normalized spacial score (nSPS) is 19.2. The van der Waals surface area contributed by atoms with Gasteiger partial charge in [0.25, 0.3) is 0 Å². The van der Waals surface area contributed by atoms with Gasteiger partial charge in [-0.25, -0.2) is 0 Å². The van der Waals surface area contributed by atoms with Crippen molar-refractivity contribution in [3.8, 4) is 0 Å². The summed E-state index contributed by atoms with van der Waals surface area (Å²) in [7, 11) is 0. The molecule has 0 saturated heterocycles. The van der Waals surface area contributed by atoms with Crippen LogP contribution in [0.4, 0.5) is 0 Å². The fourth-order valence-electron chi connectivity index (χ4n) is 3.06. The third-order valence-electron chi connectivity index (χ3n) is 4.04. The molecule has 1 aliphatic rings. The SMILES string of the molecule is CCOC(=O)CCNC1(CC(=O)OCC)CCc2ncccc21. The van der Waals surface area contributed by atoms with Crippen molar-refractivity contribution < 1.29 is 19.1 Å². The van der Waals surface area contributed by atoms with Crippen molar-refractivity contribution >= 4 is 11.9 Å². The Bertz CT molecular complexity index is 561.